The molecule has 2 saturated heterocycles. The molecular formula is C14H15NO3. The van der Waals surface area contributed by atoms with E-state index in [2.05, 4.69) is 0 Å². The molecule has 18 heavy (non-hydrogen) atoms. The van der Waals surface area contributed by atoms with Crippen LogP contribution in [0.2, 0.25) is 0 Å². The van der Waals surface area contributed by atoms with Crippen LogP contribution in [0.5, 0.6) is 0 Å². The van der Waals surface area contributed by atoms with Crippen LogP contribution in [0.1, 0.15) is 24.8 Å². The first-order valence-electron chi connectivity index (χ1n) is 6.24. The van der Waals surface area contributed by atoms with E-state index in [0.29, 0.717) is 32.4 Å². The van der Waals surface area contributed by atoms with Gasteiger partial charge in [-0.25, -0.2) is 0 Å². The number of imide groups is 1. The number of epoxide rings is 1. The number of hydrogen-bond donors (Lipinski definition) is 0. The Morgan fingerprint density at radius 2 is 1.72 bits per heavy atom. The molecule has 2 aliphatic heterocycles. The van der Waals surface area contributed by atoms with Gasteiger partial charge in [-0.2, -0.15) is 0 Å². The zero-order chi connectivity index (χ0) is 12.6. The molecule has 2 aliphatic rings. The Hall–Kier alpha value is -1.68. The SMILES string of the molecule is O=C1CCC(=O)N1CCC1(c2ccccc2)CO1. The van der Waals surface area contributed by atoms with Crippen LogP contribution < -0.4 is 0 Å². The largest absolute Gasteiger partial charge is 0.364 e. The first kappa shape index (κ1) is 11.4. The van der Waals surface area contributed by atoms with Crippen molar-refractivity contribution >= 4 is 11.8 Å². The number of carbonyl (C=O) groups excluding carboxylic acids is 2. The van der Waals surface area contributed by atoms with Gasteiger partial charge in [0.05, 0.1) is 6.61 Å². The van der Waals surface area contributed by atoms with E-state index >= 15 is 0 Å². The molecule has 3 rings (SSSR count). The molecule has 1 atom stereocenters. The van der Waals surface area contributed by atoms with Crippen molar-refractivity contribution in [3.05, 3.63) is 35.9 Å². The number of amides is 2. The summed E-state index contributed by atoms with van der Waals surface area (Å²) in [5.41, 5.74) is 0.855. The predicted molar refractivity (Wildman–Crippen MR) is 64.6 cm³/mol. The van der Waals surface area contributed by atoms with Gasteiger partial charge in [0.2, 0.25) is 11.8 Å². The predicted octanol–water partition coefficient (Wildman–Crippen LogP) is 1.45. The van der Waals surface area contributed by atoms with Gasteiger partial charge < -0.3 is 4.74 Å². The standard InChI is InChI=1S/C14H15NO3/c16-12-6-7-13(17)15(12)9-8-14(10-18-14)11-4-2-1-3-5-11/h1-5H,6-10H2. The summed E-state index contributed by atoms with van der Waals surface area (Å²) in [6, 6.07) is 9.98. The van der Waals surface area contributed by atoms with Crippen LogP contribution in [-0.4, -0.2) is 29.9 Å². The maximum absolute atomic E-state index is 11.5. The van der Waals surface area contributed by atoms with Gasteiger partial charge in [-0.1, -0.05) is 30.3 Å². The molecule has 0 N–H and O–H groups in total. The minimum Gasteiger partial charge on any atom is -0.364 e. The Labute approximate surface area is 106 Å². The number of benzene rings is 1. The lowest BCUT2D eigenvalue weighted by molar-refractivity contribution is -0.138. The Bertz CT molecular complexity index is 463. The topological polar surface area (TPSA) is 49.9 Å². The summed E-state index contributed by atoms with van der Waals surface area (Å²) in [6.07, 6.45) is 1.41. The van der Waals surface area contributed by atoms with E-state index in [0.717, 1.165) is 5.56 Å². The van der Waals surface area contributed by atoms with Crippen molar-refractivity contribution in [3.63, 3.8) is 0 Å². The molecule has 1 unspecified atom stereocenters. The molecule has 2 amide bonds. The number of hydrogen-bond acceptors (Lipinski definition) is 3. The molecule has 2 heterocycles. The molecule has 0 spiro atoms. The summed E-state index contributed by atoms with van der Waals surface area (Å²) in [4.78, 5) is 24.4. The lowest BCUT2D eigenvalue weighted by Gasteiger charge is -2.17. The Morgan fingerprint density at radius 3 is 2.28 bits per heavy atom. The molecule has 1 aromatic rings. The van der Waals surface area contributed by atoms with Crippen molar-refractivity contribution in [2.45, 2.75) is 24.9 Å². The highest BCUT2D eigenvalue weighted by molar-refractivity contribution is 6.01. The molecule has 0 bridgehead atoms. The summed E-state index contributed by atoms with van der Waals surface area (Å²) < 4.78 is 5.56. The Kier molecular flexibility index (Phi) is 2.67. The summed E-state index contributed by atoms with van der Waals surface area (Å²) in [6.45, 7) is 1.14. The Morgan fingerprint density at radius 1 is 1.11 bits per heavy atom. The lowest BCUT2D eigenvalue weighted by atomic mass is 9.96. The van der Waals surface area contributed by atoms with E-state index in [9.17, 15) is 9.59 Å². The van der Waals surface area contributed by atoms with Gasteiger partial charge in [-0.3, -0.25) is 14.5 Å². The molecule has 0 aromatic heterocycles. The third kappa shape index (κ3) is 1.93. The first-order valence-corrected chi connectivity index (χ1v) is 6.24. The second-order valence-corrected chi connectivity index (χ2v) is 4.84. The fraction of sp³-hybridized carbons (Fsp3) is 0.429. The third-order valence-corrected chi connectivity index (χ3v) is 3.69. The van der Waals surface area contributed by atoms with Crippen molar-refractivity contribution < 1.29 is 14.3 Å². The van der Waals surface area contributed by atoms with Gasteiger partial charge in [-0.15, -0.1) is 0 Å². The summed E-state index contributed by atoms with van der Waals surface area (Å²) in [5.74, 6) is -0.104. The summed E-state index contributed by atoms with van der Waals surface area (Å²) >= 11 is 0. The maximum atomic E-state index is 11.5. The van der Waals surface area contributed by atoms with Crippen LogP contribution in [0, 0.1) is 0 Å². The van der Waals surface area contributed by atoms with Gasteiger partial charge in [0.1, 0.15) is 5.60 Å². The van der Waals surface area contributed by atoms with E-state index in [1.165, 1.54) is 4.90 Å². The lowest BCUT2D eigenvalue weighted by Crippen LogP contribution is -2.32. The fourth-order valence-corrected chi connectivity index (χ4v) is 2.45. The average molecular weight is 245 g/mol. The molecule has 0 saturated carbocycles. The van der Waals surface area contributed by atoms with Crippen molar-refractivity contribution in [2.75, 3.05) is 13.2 Å². The van der Waals surface area contributed by atoms with Gasteiger partial charge in [0.25, 0.3) is 0 Å². The van der Waals surface area contributed by atoms with E-state index in [4.69, 9.17) is 4.74 Å². The minimum atomic E-state index is -0.273. The fourth-order valence-electron chi connectivity index (χ4n) is 2.45. The number of ether oxygens (including phenoxy) is 1. The molecule has 0 aliphatic carbocycles. The van der Waals surface area contributed by atoms with Crippen molar-refractivity contribution in [2.24, 2.45) is 0 Å². The number of carbonyl (C=O) groups is 2. The van der Waals surface area contributed by atoms with Gasteiger partial charge >= 0.3 is 0 Å². The minimum absolute atomic E-state index is 0.0520. The summed E-state index contributed by atoms with van der Waals surface area (Å²) in [5, 5.41) is 0. The molecule has 0 radical (unpaired) electrons. The van der Waals surface area contributed by atoms with Crippen LogP contribution in [0.4, 0.5) is 0 Å². The second-order valence-electron chi connectivity index (χ2n) is 4.84. The molecule has 1 aromatic carbocycles. The number of nitrogens with zero attached hydrogens (tertiary/aromatic N) is 1. The van der Waals surface area contributed by atoms with Crippen molar-refractivity contribution in [1.29, 1.82) is 0 Å². The molecule has 4 heteroatoms. The van der Waals surface area contributed by atoms with E-state index in [-0.39, 0.29) is 17.4 Å². The monoisotopic (exact) mass is 245 g/mol. The molecule has 94 valence electrons. The second kappa shape index (κ2) is 4.21. The molecular weight excluding hydrogens is 230 g/mol. The molecule has 4 nitrogen and oxygen atoms in total. The van der Waals surface area contributed by atoms with Crippen molar-refractivity contribution in [3.8, 4) is 0 Å². The normalized spacial score (nSPS) is 26.8. The van der Waals surface area contributed by atoms with Crippen LogP contribution in [0.25, 0.3) is 0 Å². The Balaban J connectivity index is 1.67. The highest BCUT2D eigenvalue weighted by Gasteiger charge is 2.47. The first-order chi connectivity index (χ1) is 8.71. The van der Waals surface area contributed by atoms with Gasteiger partial charge in [-0.05, 0) is 5.56 Å². The van der Waals surface area contributed by atoms with Crippen LogP contribution in [-0.2, 0) is 19.9 Å². The highest BCUT2D eigenvalue weighted by Crippen LogP contribution is 2.42. The van der Waals surface area contributed by atoms with Gasteiger partial charge in [0, 0.05) is 25.8 Å². The van der Waals surface area contributed by atoms with E-state index in [1.807, 2.05) is 30.3 Å². The average Bonchev–Trinajstić information content (AvgIpc) is 3.12. The molecule has 2 fully saturated rings. The third-order valence-electron chi connectivity index (χ3n) is 3.69. The number of likely N-dealkylation sites (tertiary alicyclic amines) is 1. The number of rotatable bonds is 4. The highest BCUT2D eigenvalue weighted by atomic mass is 16.6. The van der Waals surface area contributed by atoms with Gasteiger partial charge in [0.15, 0.2) is 0 Å². The van der Waals surface area contributed by atoms with Crippen LogP contribution >= 0.6 is 0 Å². The van der Waals surface area contributed by atoms with Crippen molar-refractivity contribution in [1.82, 2.24) is 4.90 Å². The zero-order valence-corrected chi connectivity index (χ0v) is 10.1. The maximum Gasteiger partial charge on any atom is 0.229 e. The van der Waals surface area contributed by atoms with Crippen LogP contribution in [0.3, 0.4) is 0 Å². The van der Waals surface area contributed by atoms with E-state index in [1.54, 1.807) is 0 Å². The quantitative estimate of drug-likeness (QED) is 0.596. The summed E-state index contributed by atoms with van der Waals surface area (Å²) in [7, 11) is 0. The van der Waals surface area contributed by atoms with E-state index < -0.39 is 0 Å². The smallest absolute Gasteiger partial charge is 0.229 e. The van der Waals surface area contributed by atoms with Crippen LogP contribution in [0.15, 0.2) is 30.3 Å². The zero-order valence-electron chi connectivity index (χ0n) is 10.1.